The predicted molar refractivity (Wildman–Crippen MR) is 104 cm³/mol. The van der Waals surface area contributed by atoms with Gasteiger partial charge in [-0.25, -0.2) is 8.42 Å². The van der Waals surface area contributed by atoms with Gasteiger partial charge in [0.25, 0.3) is 0 Å². The van der Waals surface area contributed by atoms with Crippen molar-refractivity contribution in [2.75, 3.05) is 52.3 Å². The average molecular weight is 408 g/mol. The zero-order chi connectivity index (χ0) is 19.3. The molecule has 1 heterocycles. The second-order valence-electron chi connectivity index (χ2n) is 5.47. The molecular weight excluding hydrogens is 378 g/mol. The number of nitrogens with one attached hydrogen (secondary N) is 2. The first kappa shape index (κ1) is 22.8. The predicted octanol–water partition coefficient (Wildman–Crippen LogP) is 0.491. The maximum Gasteiger partial charge on any atom is 0.191 e. The third-order valence-electron chi connectivity index (χ3n) is 3.21. The van der Waals surface area contributed by atoms with Gasteiger partial charge in [0.2, 0.25) is 0 Å². The molecule has 1 aromatic rings. The molecule has 0 bridgehead atoms. The van der Waals surface area contributed by atoms with Crippen LogP contribution in [0.5, 0.6) is 0 Å². The Morgan fingerprint density at radius 3 is 2.81 bits per heavy atom. The summed E-state index contributed by atoms with van der Waals surface area (Å²) >= 11 is 1.15. The van der Waals surface area contributed by atoms with Gasteiger partial charge in [-0.3, -0.25) is 4.99 Å². The number of aliphatic hydroxyl groups is 1. The third-order valence-corrected chi connectivity index (χ3v) is 6.49. The van der Waals surface area contributed by atoms with Gasteiger partial charge >= 0.3 is 0 Å². The van der Waals surface area contributed by atoms with Crippen LogP contribution in [-0.4, -0.2) is 77.9 Å². The maximum absolute atomic E-state index is 12.1. The number of guanidine groups is 1. The lowest BCUT2D eigenvalue weighted by Crippen LogP contribution is -2.39. The van der Waals surface area contributed by atoms with Crippen LogP contribution >= 0.6 is 11.3 Å². The summed E-state index contributed by atoms with van der Waals surface area (Å²) in [6.07, 6.45) is -0.265. The van der Waals surface area contributed by atoms with E-state index in [4.69, 9.17) is 9.47 Å². The number of thiophene rings is 1. The van der Waals surface area contributed by atoms with Gasteiger partial charge in [-0.2, -0.15) is 0 Å². The van der Waals surface area contributed by atoms with E-state index < -0.39 is 15.9 Å². The lowest BCUT2D eigenvalue weighted by atomic mass is 10.4. The Labute approximate surface area is 159 Å². The summed E-state index contributed by atoms with van der Waals surface area (Å²) in [5, 5.41) is 17.9. The average Bonchev–Trinajstić information content (AvgIpc) is 3.14. The highest BCUT2D eigenvalue weighted by atomic mass is 32.2. The molecule has 0 aromatic carbocycles. The molecule has 0 saturated carbocycles. The van der Waals surface area contributed by atoms with E-state index in [9.17, 15) is 13.5 Å². The van der Waals surface area contributed by atoms with E-state index in [-0.39, 0.29) is 16.5 Å². The zero-order valence-electron chi connectivity index (χ0n) is 15.3. The van der Waals surface area contributed by atoms with Crippen molar-refractivity contribution < 1.29 is 23.0 Å². The van der Waals surface area contributed by atoms with Crippen molar-refractivity contribution in [1.29, 1.82) is 0 Å². The summed E-state index contributed by atoms with van der Waals surface area (Å²) < 4.78 is 34.8. The fourth-order valence-corrected chi connectivity index (χ4v) is 4.46. The lowest BCUT2D eigenvalue weighted by molar-refractivity contribution is 0.0698. The fraction of sp³-hybridized carbons (Fsp3) is 0.688. The molecule has 0 saturated heterocycles. The Kier molecular flexibility index (Phi) is 11.5. The van der Waals surface area contributed by atoms with Crippen molar-refractivity contribution in [3.05, 3.63) is 17.5 Å². The van der Waals surface area contributed by atoms with E-state index in [1.54, 1.807) is 18.6 Å². The van der Waals surface area contributed by atoms with Crippen molar-refractivity contribution >= 4 is 27.1 Å². The highest BCUT2D eigenvalue weighted by Crippen LogP contribution is 2.18. The number of nitrogens with zero attached hydrogens (tertiary/aromatic N) is 1. The van der Waals surface area contributed by atoms with E-state index >= 15 is 0 Å². The Hall–Kier alpha value is -1.20. The topological polar surface area (TPSA) is 109 Å². The van der Waals surface area contributed by atoms with Gasteiger partial charge in [-0.15, -0.1) is 11.3 Å². The molecule has 0 aliphatic carbocycles. The summed E-state index contributed by atoms with van der Waals surface area (Å²) in [6.45, 7) is 5.01. The van der Waals surface area contributed by atoms with Crippen LogP contribution in [-0.2, 0) is 19.3 Å². The van der Waals surface area contributed by atoms with Crippen molar-refractivity contribution in [3.63, 3.8) is 0 Å². The van der Waals surface area contributed by atoms with E-state index in [1.807, 2.05) is 6.92 Å². The minimum absolute atomic E-state index is 0.00424. The molecule has 0 radical (unpaired) electrons. The van der Waals surface area contributed by atoms with E-state index in [0.717, 1.165) is 17.8 Å². The normalized spacial score (nSPS) is 13.6. The molecule has 1 rings (SSSR count). The van der Waals surface area contributed by atoms with E-state index in [1.165, 1.54) is 6.07 Å². The van der Waals surface area contributed by atoms with E-state index in [0.29, 0.717) is 38.9 Å². The van der Waals surface area contributed by atoms with Crippen LogP contribution in [0.2, 0.25) is 0 Å². The van der Waals surface area contributed by atoms with Gasteiger partial charge in [-0.05, 0) is 24.8 Å². The van der Waals surface area contributed by atoms with Crippen molar-refractivity contribution in [2.24, 2.45) is 4.99 Å². The zero-order valence-corrected chi connectivity index (χ0v) is 16.9. The highest BCUT2D eigenvalue weighted by molar-refractivity contribution is 7.93. The van der Waals surface area contributed by atoms with Crippen LogP contribution in [0.15, 0.2) is 26.7 Å². The third kappa shape index (κ3) is 9.48. The Morgan fingerprint density at radius 2 is 2.15 bits per heavy atom. The van der Waals surface area contributed by atoms with Crippen molar-refractivity contribution in [2.45, 2.75) is 23.7 Å². The molecule has 26 heavy (non-hydrogen) atoms. The first-order valence-corrected chi connectivity index (χ1v) is 11.1. The second-order valence-corrected chi connectivity index (χ2v) is 8.68. The van der Waals surface area contributed by atoms with Gasteiger partial charge in [0.15, 0.2) is 15.8 Å². The highest BCUT2D eigenvalue weighted by Gasteiger charge is 2.20. The molecule has 0 amide bonds. The van der Waals surface area contributed by atoms with Gasteiger partial charge in [-0.1, -0.05) is 6.07 Å². The monoisotopic (exact) mass is 407 g/mol. The number of aliphatic imine (C=N–C) groups is 1. The first-order chi connectivity index (χ1) is 12.5. The molecule has 10 heteroatoms. The van der Waals surface area contributed by atoms with Gasteiger partial charge in [0.05, 0.1) is 31.6 Å². The quantitative estimate of drug-likeness (QED) is 0.248. The number of methoxy groups -OCH3 is 1. The molecule has 1 unspecified atom stereocenters. The van der Waals surface area contributed by atoms with Gasteiger partial charge in [0.1, 0.15) is 4.21 Å². The molecule has 150 valence electrons. The molecule has 8 nitrogen and oxygen atoms in total. The Balaban J connectivity index is 2.37. The van der Waals surface area contributed by atoms with Gasteiger partial charge in [0, 0.05) is 26.8 Å². The van der Waals surface area contributed by atoms with Crippen LogP contribution in [0, 0.1) is 0 Å². The molecule has 1 aromatic heterocycles. The van der Waals surface area contributed by atoms with Crippen LogP contribution in [0.3, 0.4) is 0 Å². The smallest absolute Gasteiger partial charge is 0.191 e. The molecule has 0 aliphatic heterocycles. The summed E-state index contributed by atoms with van der Waals surface area (Å²) in [4.78, 5) is 4.25. The standard InChI is InChI=1S/C16H29N3O5S2/c1-3-17-16(18-7-5-8-24-10-9-23-2)19-12-14(20)13-26(21,22)15-6-4-11-25-15/h4,6,11,14,20H,3,5,7-10,12-13H2,1-2H3,(H2,17,18,19). The summed E-state index contributed by atoms with van der Waals surface area (Å²) in [5.74, 6) is 0.195. The molecular formula is C16H29N3O5S2. The van der Waals surface area contributed by atoms with Crippen LogP contribution in [0.4, 0.5) is 0 Å². The lowest BCUT2D eigenvalue weighted by Gasteiger charge is -2.13. The number of ether oxygens (including phenoxy) is 2. The molecule has 3 N–H and O–H groups in total. The second kappa shape index (κ2) is 13.0. The van der Waals surface area contributed by atoms with Crippen molar-refractivity contribution in [1.82, 2.24) is 10.6 Å². The minimum atomic E-state index is -3.48. The summed E-state index contributed by atoms with van der Waals surface area (Å²) in [5.41, 5.74) is 0. The Morgan fingerprint density at radius 1 is 1.35 bits per heavy atom. The fourth-order valence-electron chi connectivity index (χ4n) is 1.99. The molecule has 0 fully saturated rings. The maximum atomic E-state index is 12.1. The first-order valence-electron chi connectivity index (χ1n) is 8.52. The molecule has 1 atom stereocenters. The summed E-state index contributed by atoms with van der Waals surface area (Å²) in [7, 11) is -1.85. The number of aliphatic hydroxyl groups excluding tert-OH is 1. The molecule has 0 aliphatic rings. The summed E-state index contributed by atoms with van der Waals surface area (Å²) in [6, 6.07) is 3.21. The molecule has 0 spiro atoms. The van der Waals surface area contributed by atoms with Crippen LogP contribution in [0.25, 0.3) is 0 Å². The van der Waals surface area contributed by atoms with Crippen LogP contribution in [0.1, 0.15) is 13.3 Å². The van der Waals surface area contributed by atoms with E-state index in [2.05, 4.69) is 15.6 Å². The van der Waals surface area contributed by atoms with Crippen LogP contribution < -0.4 is 10.6 Å². The number of hydrogen-bond donors (Lipinski definition) is 3. The minimum Gasteiger partial charge on any atom is -0.390 e. The number of sulfone groups is 1. The number of rotatable bonds is 13. The van der Waals surface area contributed by atoms with Crippen molar-refractivity contribution in [3.8, 4) is 0 Å². The largest absolute Gasteiger partial charge is 0.390 e. The SMILES string of the molecule is CCNC(=NCC(O)CS(=O)(=O)c1cccs1)NCCCOCCOC. The Bertz CT molecular complexity index is 605. The number of hydrogen-bond acceptors (Lipinski definition) is 7. The van der Waals surface area contributed by atoms with Gasteiger partial charge < -0.3 is 25.2 Å².